The van der Waals surface area contributed by atoms with Crippen LogP contribution in [0.1, 0.15) is 12.5 Å². The maximum atomic E-state index is 11.3. The molecule has 3 nitrogen and oxygen atoms in total. The van der Waals surface area contributed by atoms with E-state index in [4.69, 9.17) is 17.3 Å². The maximum absolute atomic E-state index is 11.3. The van der Waals surface area contributed by atoms with E-state index in [1.807, 2.05) is 19.1 Å². The molecule has 0 aromatic heterocycles. The number of hydrogen-bond donors (Lipinski definition) is 2. The summed E-state index contributed by atoms with van der Waals surface area (Å²) in [5, 5.41) is 3.17. The fourth-order valence-electron chi connectivity index (χ4n) is 0.981. The van der Waals surface area contributed by atoms with E-state index in [0.29, 0.717) is 10.7 Å². The topological polar surface area (TPSA) is 55.1 Å². The first-order valence-electron chi connectivity index (χ1n) is 4.33. The Morgan fingerprint density at radius 3 is 2.79 bits per heavy atom. The summed E-state index contributed by atoms with van der Waals surface area (Å²) < 4.78 is 0. The minimum absolute atomic E-state index is 0.238. The molecule has 1 aromatic rings. The molecule has 0 bridgehead atoms. The Morgan fingerprint density at radius 2 is 2.21 bits per heavy atom. The van der Waals surface area contributed by atoms with Crippen molar-refractivity contribution in [1.82, 2.24) is 0 Å². The van der Waals surface area contributed by atoms with Gasteiger partial charge >= 0.3 is 0 Å². The standard InChI is InChI=1S/C10H13ClN2O/c1-6-3-4-8(11)9(5-6)13-10(14)7(2)12/h3-5,7H,12H2,1-2H3,(H,13,14)/t7-/m0/s1. The van der Waals surface area contributed by atoms with Gasteiger partial charge in [0.1, 0.15) is 0 Å². The van der Waals surface area contributed by atoms with Gasteiger partial charge in [-0.1, -0.05) is 17.7 Å². The monoisotopic (exact) mass is 212 g/mol. The Labute approximate surface area is 88.2 Å². The van der Waals surface area contributed by atoms with E-state index in [9.17, 15) is 4.79 Å². The molecule has 1 atom stereocenters. The Bertz CT molecular complexity index is 350. The zero-order valence-electron chi connectivity index (χ0n) is 8.17. The van der Waals surface area contributed by atoms with Crippen molar-refractivity contribution in [2.24, 2.45) is 5.73 Å². The van der Waals surface area contributed by atoms with Crippen LogP contribution in [-0.4, -0.2) is 11.9 Å². The summed E-state index contributed by atoms with van der Waals surface area (Å²) in [6, 6.07) is 4.90. The molecule has 14 heavy (non-hydrogen) atoms. The van der Waals surface area contributed by atoms with Crippen LogP contribution in [0.15, 0.2) is 18.2 Å². The predicted molar refractivity (Wildman–Crippen MR) is 58.5 cm³/mol. The number of hydrogen-bond acceptors (Lipinski definition) is 2. The molecule has 3 N–H and O–H groups in total. The van der Waals surface area contributed by atoms with Crippen LogP contribution < -0.4 is 11.1 Å². The molecular weight excluding hydrogens is 200 g/mol. The average molecular weight is 213 g/mol. The average Bonchev–Trinajstić information content (AvgIpc) is 2.11. The van der Waals surface area contributed by atoms with Crippen LogP contribution in [0.5, 0.6) is 0 Å². The third kappa shape index (κ3) is 2.72. The second-order valence-electron chi connectivity index (χ2n) is 3.26. The van der Waals surface area contributed by atoms with Crippen molar-refractivity contribution in [1.29, 1.82) is 0 Å². The summed E-state index contributed by atoms with van der Waals surface area (Å²) >= 11 is 5.89. The molecule has 0 unspecified atom stereocenters. The highest BCUT2D eigenvalue weighted by Crippen LogP contribution is 2.22. The van der Waals surface area contributed by atoms with E-state index in [-0.39, 0.29) is 5.91 Å². The third-order valence-electron chi connectivity index (χ3n) is 1.79. The Morgan fingerprint density at radius 1 is 1.57 bits per heavy atom. The third-order valence-corrected chi connectivity index (χ3v) is 2.12. The molecule has 0 saturated heterocycles. The van der Waals surface area contributed by atoms with Gasteiger partial charge in [0.25, 0.3) is 0 Å². The first kappa shape index (κ1) is 11.0. The largest absolute Gasteiger partial charge is 0.323 e. The molecule has 4 heteroatoms. The number of halogens is 1. The number of nitrogens with one attached hydrogen (secondary N) is 1. The molecule has 0 aliphatic carbocycles. The van der Waals surface area contributed by atoms with Crippen molar-refractivity contribution in [3.63, 3.8) is 0 Å². The molecule has 0 radical (unpaired) electrons. The number of anilines is 1. The summed E-state index contributed by atoms with van der Waals surface area (Å²) in [5.41, 5.74) is 7.06. The molecule has 0 fully saturated rings. The second kappa shape index (κ2) is 4.44. The van der Waals surface area contributed by atoms with Crippen LogP contribution >= 0.6 is 11.6 Å². The van der Waals surface area contributed by atoms with Gasteiger partial charge in [0.05, 0.1) is 16.8 Å². The van der Waals surface area contributed by atoms with Crippen LogP contribution in [0.25, 0.3) is 0 Å². The minimum Gasteiger partial charge on any atom is -0.323 e. The van der Waals surface area contributed by atoms with Crippen LogP contribution in [-0.2, 0) is 4.79 Å². The van der Waals surface area contributed by atoms with E-state index in [1.54, 1.807) is 13.0 Å². The van der Waals surface area contributed by atoms with Crippen molar-refractivity contribution >= 4 is 23.2 Å². The summed E-state index contributed by atoms with van der Waals surface area (Å²) in [7, 11) is 0. The number of carbonyl (C=O) groups is 1. The second-order valence-corrected chi connectivity index (χ2v) is 3.67. The fourth-order valence-corrected chi connectivity index (χ4v) is 1.15. The Balaban J connectivity index is 2.86. The van der Waals surface area contributed by atoms with Crippen LogP contribution in [0, 0.1) is 6.92 Å². The minimum atomic E-state index is -0.536. The number of nitrogens with two attached hydrogens (primary N) is 1. The highest BCUT2D eigenvalue weighted by molar-refractivity contribution is 6.33. The molecule has 0 aliphatic rings. The maximum Gasteiger partial charge on any atom is 0.241 e. The van der Waals surface area contributed by atoms with Gasteiger partial charge in [-0.3, -0.25) is 4.79 Å². The van der Waals surface area contributed by atoms with E-state index in [2.05, 4.69) is 5.32 Å². The lowest BCUT2D eigenvalue weighted by atomic mass is 10.2. The van der Waals surface area contributed by atoms with Crippen LogP contribution in [0.2, 0.25) is 5.02 Å². The number of aryl methyl sites for hydroxylation is 1. The normalized spacial score (nSPS) is 12.3. The number of benzene rings is 1. The molecule has 1 rings (SSSR count). The zero-order chi connectivity index (χ0) is 10.7. The molecule has 0 spiro atoms. The van der Waals surface area contributed by atoms with E-state index in [1.165, 1.54) is 0 Å². The summed E-state index contributed by atoms with van der Waals surface area (Å²) in [6.45, 7) is 3.55. The van der Waals surface area contributed by atoms with Gasteiger partial charge in [0.15, 0.2) is 0 Å². The summed E-state index contributed by atoms with van der Waals surface area (Å²) in [5.74, 6) is -0.238. The zero-order valence-corrected chi connectivity index (χ0v) is 8.93. The lowest BCUT2D eigenvalue weighted by molar-refractivity contribution is -0.117. The van der Waals surface area contributed by atoms with E-state index in [0.717, 1.165) is 5.56 Å². The van der Waals surface area contributed by atoms with Crippen LogP contribution in [0.3, 0.4) is 0 Å². The summed E-state index contributed by atoms with van der Waals surface area (Å²) in [4.78, 5) is 11.3. The van der Waals surface area contributed by atoms with Crippen molar-refractivity contribution in [2.45, 2.75) is 19.9 Å². The highest BCUT2D eigenvalue weighted by atomic mass is 35.5. The molecule has 0 saturated carbocycles. The van der Waals surface area contributed by atoms with Gasteiger partial charge in [-0.2, -0.15) is 0 Å². The summed E-state index contributed by atoms with van der Waals surface area (Å²) in [6.07, 6.45) is 0. The quantitative estimate of drug-likeness (QED) is 0.787. The van der Waals surface area contributed by atoms with Crippen molar-refractivity contribution in [2.75, 3.05) is 5.32 Å². The van der Waals surface area contributed by atoms with Gasteiger partial charge < -0.3 is 11.1 Å². The molecule has 0 aliphatic heterocycles. The highest BCUT2D eigenvalue weighted by Gasteiger charge is 2.09. The van der Waals surface area contributed by atoms with Gasteiger partial charge in [0.2, 0.25) is 5.91 Å². The van der Waals surface area contributed by atoms with E-state index < -0.39 is 6.04 Å². The fraction of sp³-hybridized carbons (Fsp3) is 0.300. The molecule has 0 heterocycles. The first-order valence-corrected chi connectivity index (χ1v) is 4.71. The predicted octanol–water partition coefficient (Wildman–Crippen LogP) is 1.93. The van der Waals surface area contributed by atoms with Gasteiger partial charge in [-0.05, 0) is 31.5 Å². The molecule has 76 valence electrons. The first-order chi connectivity index (χ1) is 6.50. The van der Waals surface area contributed by atoms with Gasteiger partial charge in [-0.25, -0.2) is 0 Å². The number of amides is 1. The SMILES string of the molecule is Cc1ccc(Cl)c(NC(=O)[C@H](C)N)c1. The van der Waals surface area contributed by atoms with Crippen molar-refractivity contribution < 1.29 is 4.79 Å². The van der Waals surface area contributed by atoms with Crippen LogP contribution in [0.4, 0.5) is 5.69 Å². The van der Waals surface area contributed by atoms with Crippen molar-refractivity contribution in [3.05, 3.63) is 28.8 Å². The number of carbonyl (C=O) groups excluding carboxylic acids is 1. The van der Waals surface area contributed by atoms with E-state index >= 15 is 0 Å². The van der Waals surface area contributed by atoms with Crippen molar-refractivity contribution in [3.8, 4) is 0 Å². The molecular formula is C10H13ClN2O. The smallest absolute Gasteiger partial charge is 0.241 e. The lowest BCUT2D eigenvalue weighted by Crippen LogP contribution is -2.32. The number of rotatable bonds is 2. The van der Waals surface area contributed by atoms with Gasteiger partial charge in [0, 0.05) is 0 Å². The molecule has 1 amide bonds. The Kier molecular flexibility index (Phi) is 3.49. The lowest BCUT2D eigenvalue weighted by Gasteiger charge is -2.09. The molecule has 1 aromatic carbocycles. The Hall–Kier alpha value is -1.06. The van der Waals surface area contributed by atoms with Gasteiger partial charge in [-0.15, -0.1) is 0 Å².